The molecule has 21 heavy (non-hydrogen) atoms. The molecule has 0 aliphatic heterocycles. The van der Waals surface area contributed by atoms with Crippen LogP contribution in [0.15, 0.2) is 30.3 Å². The molecule has 0 heterocycles. The van der Waals surface area contributed by atoms with Crippen molar-refractivity contribution < 1.29 is 14.3 Å². The van der Waals surface area contributed by atoms with E-state index in [2.05, 4.69) is 5.32 Å². The van der Waals surface area contributed by atoms with Gasteiger partial charge in [0.15, 0.2) is 0 Å². The summed E-state index contributed by atoms with van der Waals surface area (Å²) in [5.41, 5.74) is 0.156. The first-order chi connectivity index (χ1) is 10.2. The molecule has 1 atom stereocenters. The Morgan fingerprint density at radius 2 is 1.95 bits per heavy atom. The number of nitrogens with one attached hydrogen (secondary N) is 1. The van der Waals surface area contributed by atoms with Crippen LogP contribution in [0.5, 0.6) is 0 Å². The monoisotopic (exact) mass is 291 g/mol. The van der Waals surface area contributed by atoms with Gasteiger partial charge in [0.2, 0.25) is 0 Å². The first-order valence-corrected chi connectivity index (χ1v) is 7.81. The number of carbonyl (C=O) groups is 1. The van der Waals surface area contributed by atoms with Gasteiger partial charge >= 0.3 is 5.97 Å². The molecule has 1 aromatic rings. The van der Waals surface area contributed by atoms with Crippen LogP contribution in [-0.4, -0.2) is 31.8 Å². The molecule has 1 aliphatic rings. The smallest absolute Gasteiger partial charge is 0.331 e. The fraction of sp³-hybridized carbons (Fsp3) is 0.588. The van der Waals surface area contributed by atoms with E-state index in [0.29, 0.717) is 32.3 Å². The van der Waals surface area contributed by atoms with Crippen molar-refractivity contribution in [2.75, 3.05) is 19.8 Å². The van der Waals surface area contributed by atoms with Crippen LogP contribution in [0.1, 0.15) is 38.7 Å². The van der Waals surface area contributed by atoms with E-state index >= 15 is 0 Å². The van der Waals surface area contributed by atoms with Crippen LogP contribution < -0.4 is 5.32 Å². The Kier molecular flexibility index (Phi) is 5.76. The van der Waals surface area contributed by atoms with Crippen LogP contribution in [0.3, 0.4) is 0 Å². The summed E-state index contributed by atoms with van der Waals surface area (Å²) in [5, 5.41) is 3.51. The van der Waals surface area contributed by atoms with E-state index in [-0.39, 0.29) is 5.97 Å². The van der Waals surface area contributed by atoms with E-state index in [0.717, 1.165) is 18.4 Å². The van der Waals surface area contributed by atoms with E-state index in [1.165, 1.54) is 0 Å². The maximum atomic E-state index is 12.7. The number of benzene rings is 1. The summed E-state index contributed by atoms with van der Waals surface area (Å²) in [6, 6.07) is 10.2. The lowest BCUT2D eigenvalue weighted by molar-refractivity contribution is -0.153. The molecule has 116 valence electrons. The quantitative estimate of drug-likeness (QED) is 0.561. The summed E-state index contributed by atoms with van der Waals surface area (Å²) in [4.78, 5) is 12.7. The molecule has 2 rings (SSSR count). The van der Waals surface area contributed by atoms with Gasteiger partial charge in [0.25, 0.3) is 0 Å². The zero-order valence-electron chi connectivity index (χ0n) is 12.9. The molecule has 0 radical (unpaired) electrons. The van der Waals surface area contributed by atoms with Gasteiger partial charge in [-0.05, 0) is 32.3 Å². The lowest BCUT2D eigenvalue weighted by atomic mass is 9.86. The minimum Gasteiger partial charge on any atom is -0.464 e. The van der Waals surface area contributed by atoms with Gasteiger partial charge in [-0.15, -0.1) is 0 Å². The van der Waals surface area contributed by atoms with Gasteiger partial charge in [0.05, 0.1) is 6.61 Å². The molecule has 4 nitrogen and oxygen atoms in total. The normalized spacial score (nSPS) is 17.2. The number of hydrogen-bond donors (Lipinski definition) is 1. The van der Waals surface area contributed by atoms with Crippen LogP contribution in [0, 0.1) is 0 Å². The Hall–Kier alpha value is -1.39. The molecule has 0 aromatic heterocycles. The second-order valence-corrected chi connectivity index (χ2v) is 5.36. The van der Waals surface area contributed by atoms with Gasteiger partial charge in [-0.1, -0.05) is 30.3 Å². The highest BCUT2D eigenvalue weighted by Gasteiger charge is 2.44. The molecule has 1 fully saturated rings. The van der Waals surface area contributed by atoms with Gasteiger partial charge in [0.1, 0.15) is 5.54 Å². The van der Waals surface area contributed by atoms with Gasteiger partial charge in [0, 0.05) is 25.7 Å². The molecule has 1 aromatic carbocycles. The number of hydrogen-bond acceptors (Lipinski definition) is 4. The van der Waals surface area contributed by atoms with Crippen molar-refractivity contribution in [3.63, 3.8) is 0 Å². The predicted molar refractivity (Wildman–Crippen MR) is 82.0 cm³/mol. The summed E-state index contributed by atoms with van der Waals surface area (Å²) >= 11 is 0. The molecule has 1 aliphatic carbocycles. The van der Waals surface area contributed by atoms with Crippen molar-refractivity contribution in [3.8, 4) is 0 Å². The highest BCUT2D eigenvalue weighted by atomic mass is 16.5. The highest BCUT2D eigenvalue weighted by molar-refractivity contribution is 5.82. The summed E-state index contributed by atoms with van der Waals surface area (Å²) in [5.74, 6) is -0.206. The Bertz CT molecular complexity index is 445. The largest absolute Gasteiger partial charge is 0.464 e. The predicted octanol–water partition coefficient (Wildman–Crippen LogP) is 2.62. The topological polar surface area (TPSA) is 47.6 Å². The Balaban J connectivity index is 2.28. The van der Waals surface area contributed by atoms with Crippen LogP contribution in [-0.2, 0) is 19.8 Å². The third-order valence-corrected chi connectivity index (χ3v) is 3.74. The van der Waals surface area contributed by atoms with Crippen LogP contribution in [0.4, 0.5) is 0 Å². The SMILES string of the molecule is CCOCCC(NC1CC1)(C(=O)OCC)c1ccccc1. The third kappa shape index (κ3) is 4.05. The number of esters is 1. The van der Waals surface area contributed by atoms with Crippen molar-refractivity contribution in [3.05, 3.63) is 35.9 Å². The maximum Gasteiger partial charge on any atom is 0.331 e. The van der Waals surface area contributed by atoms with Crippen molar-refractivity contribution in [1.29, 1.82) is 0 Å². The minimum atomic E-state index is -0.798. The Morgan fingerprint density at radius 1 is 1.24 bits per heavy atom. The Labute approximate surface area is 126 Å². The standard InChI is InChI=1S/C17H25NO3/c1-3-20-13-12-17(16(19)21-4-2,18-15-10-11-15)14-8-6-5-7-9-14/h5-9,15,18H,3-4,10-13H2,1-2H3. The minimum absolute atomic E-state index is 0.206. The molecule has 0 bridgehead atoms. The summed E-state index contributed by atoms with van der Waals surface area (Å²) < 4.78 is 10.9. The summed E-state index contributed by atoms with van der Waals surface area (Å²) in [7, 11) is 0. The van der Waals surface area contributed by atoms with Crippen LogP contribution in [0.25, 0.3) is 0 Å². The van der Waals surface area contributed by atoms with E-state index in [1.807, 2.05) is 44.2 Å². The second kappa shape index (κ2) is 7.57. The zero-order valence-corrected chi connectivity index (χ0v) is 12.9. The third-order valence-electron chi connectivity index (χ3n) is 3.74. The van der Waals surface area contributed by atoms with E-state index < -0.39 is 5.54 Å². The van der Waals surface area contributed by atoms with E-state index in [9.17, 15) is 4.79 Å². The Morgan fingerprint density at radius 3 is 2.52 bits per heavy atom. The molecule has 4 heteroatoms. The van der Waals surface area contributed by atoms with E-state index in [4.69, 9.17) is 9.47 Å². The molecule has 1 unspecified atom stereocenters. The van der Waals surface area contributed by atoms with Crippen LogP contribution in [0.2, 0.25) is 0 Å². The molecule has 0 spiro atoms. The van der Waals surface area contributed by atoms with Crippen molar-refractivity contribution >= 4 is 5.97 Å². The summed E-state index contributed by atoms with van der Waals surface area (Å²) in [6.07, 6.45) is 2.81. The lowest BCUT2D eigenvalue weighted by Crippen LogP contribution is -2.52. The van der Waals surface area contributed by atoms with Gasteiger partial charge in [-0.25, -0.2) is 4.79 Å². The van der Waals surface area contributed by atoms with Crippen LogP contribution >= 0.6 is 0 Å². The fourth-order valence-corrected chi connectivity index (χ4v) is 2.50. The average molecular weight is 291 g/mol. The molecular weight excluding hydrogens is 266 g/mol. The first kappa shape index (κ1) is 16.0. The lowest BCUT2D eigenvalue weighted by Gasteiger charge is -2.33. The van der Waals surface area contributed by atoms with Gasteiger partial charge in [-0.2, -0.15) is 0 Å². The average Bonchev–Trinajstić information content (AvgIpc) is 3.31. The molecule has 0 amide bonds. The van der Waals surface area contributed by atoms with Crippen molar-refractivity contribution in [1.82, 2.24) is 5.32 Å². The molecule has 1 N–H and O–H groups in total. The number of rotatable bonds is 9. The molecular formula is C17H25NO3. The van der Waals surface area contributed by atoms with Crippen molar-refractivity contribution in [2.45, 2.75) is 44.7 Å². The molecule has 1 saturated carbocycles. The van der Waals surface area contributed by atoms with E-state index in [1.54, 1.807) is 0 Å². The highest BCUT2D eigenvalue weighted by Crippen LogP contribution is 2.32. The summed E-state index contributed by atoms with van der Waals surface area (Å²) in [6.45, 7) is 5.37. The zero-order chi connectivity index (χ0) is 15.1. The second-order valence-electron chi connectivity index (χ2n) is 5.36. The first-order valence-electron chi connectivity index (χ1n) is 7.81. The fourth-order valence-electron chi connectivity index (χ4n) is 2.50. The number of carbonyl (C=O) groups excluding carboxylic acids is 1. The maximum absolute atomic E-state index is 12.7. The van der Waals surface area contributed by atoms with Gasteiger partial charge < -0.3 is 9.47 Å². The van der Waals surface area contributed by atoms with Gasteiger partial charge in [-0.3, -0.25) is 5.32 Å². The number of ether oxygens (including phenoxy) is 2. The van der Waals surface area contributed by atoms with Crippen molar-refractivity contribution in [2.24, 2.45) is 0 Å². The molecule has 0 saturated heterocycles.